The van der Waals surface area contributed by atoms with E-state index in [-0.39, 0.29) is 17.2 Å². The molecule has 1 aromatic carbocycles. The number of carbonyl (C=O) groups is 1. The first kappa shape index (κ1) is 15.6. The summed E-state index contributed by atoms with van der Waals surface area (Å²) in [6, 6.07) is 10.7. The van der Waals surface area contributed by atoms with Gasteiger partial charge in [0, 0.05) is 30.1 Å². The Balaban J connectivity index is 1.29. The lowest BCUT2D eigenvalue weighted by Gasteiger charge is -2.26. The number of carbonyl (C=O) groups excluding carboxylic acids is 1. The molecule has 4 nitrogen and oxygen atoms in total. The van der Waals surface area contributed by atoms with Crippen molar-refractivity contribution in [1.29, 1.82) is 0 Å². The molecule has 0 radical (unpaired) electrons. The third kappa shape index (κ3) is 3.03. The van der Waals surface area contributed by atoms with Crippen LogP contribution in [-0.2, 0) is 11.2 Å². The van der Waals surface area contributed by atoms with Crippen LogP contribution in [0.15, 0.2) is 36.5 Å². The highest BCUT2D eigenvalue weighted by Gasteiger charge is 2.58. The van der Waals surface area contributed by atoms with Crippen molar-refractivity contribution in [2.75, 3.05) is 6.54 Å². The molecule has 0 bridgehead atoms. The summed E-state index contributed by atoms with van der Waals surface area (Å²) in [6.07, 6.45) is 8.15. The fourth-order valence-electron chi connectivity index (χ4n) is 4.22. The second-order valence-corrected chi connectivity index (χ2v) is 7.53. The standard InChI is InChI=1S/C20H25N3O/c21-16-5-8-20(9-6-16)13-17(20)19(24)23-11-7-14-3-4-18-15(12-14)2-1-10-22-18/h1-4,10,12,16-17H,5-9,11,13,21H2,(H,23,24). The van der Waals surface area contributed by atoms with E-state index in [1.165, 1.54) is 5.56 Å². The second-order valence-electron chi connectivity index (χ2n) is 7.53. The zero-order chi connectivity index (χ0) is 16.6. The molecule has 0 saturated heterocycles. The van der Waals surface area contributed by atoms with Gasteiger partial charge in [-0.2, -0.15) is 0 Å². The molecule has 1 unspecified atom stereocenters. The fourth-order valence-corrected chi connectivity index (χ4v) is 4.22. The lowest BCUT2D eigenvalue weighted by Crippen LogP contribution is -2.32. The predicted molar refractivity (Wildman–Crippen MR) is 95.4 cm³/mol. The van der Waals surface area contributed by atoms with Gasteiger partial charge in [0.1, 0.15) is 0 Å². The molecule has 4 rings (SSSR count). The average Bonchev–Trinajstić information content (AvgIpc) is 3.32. The number of nitrogens with one attached hydrogen (secondary N) is 1. The molecule has 2 saturated carbocycles. The number of rotatable bonds is 4. The van der Waals surface area contributed by atoms with E-state index in [1.807, 2.05) is 18.3 Å². The lowest BCUT2D eigenvalue weighted by atomic mass is 9.82. The van der Waals surface area contributed by atoms with Gasteiger partial charge in [-0.05, 0) is 67.7 Å². The Kier molecular flexibility index (Phi) is 4.01. The maximum absolute atomic E-state index is 12.4. The normalized spacial score (nSPS) is 28.9. The number of aromatic nitrogens is 1. The van der Waals surface area contributed by atoms with Gasteiger partial charge in [-0.1, -0.05) is 12.1 Å². The maximum Gasteiger partial charge on any atom is 0.223 e. The SMILES string of the molecule is NC1CCC2(CC1)CC2C(=O)NCCc1ccc2ncccc2c1. The van der Waals surface area contributed by atoms with Crippen molar-refractivity contribution in [3.63, 3.8) is 0 Å². The molecular weight excluding hydrogens is 298 g/mol. The summed E-state index contributed by atoms with van der Waals surface area (Å²) in [5, 5.41) is 4.29. The number of pyridine rings is 1. The number of nitrogens with zero attached hydrogens (tertiary/aromatic N) is 1. The van der Waals surface area contributed by atoms with Gasteiger partial charge in [0.25, 0.3) is 0 Å². The highest BCUT2D eigenvalue weighted by molar-refractivity contribution is 5.82. The third-order valence-corrected chi connectivity index (χ3v) is 5.91. The van der Waals surface area contributed by atoms with Crippen LogP contribution in [0, 0.1) is 11.3 Å². The molecule has 2 fully saturated rings. The Morgan fingerprint density at radius 1 is 1.29 bits per heavy atom. The summed E-state index contributed by atoms with van der Waals surface area (Å²) in [6.45, 7) is 0.705. The van der Waals surface area contributed by atoms with E-state index in [4.69, 9.17) is 5.73 Å². The molecule has 1 aromatic heterocycles. The van der Waals surface area contributed by atoms with Crippen molar-refractivity contribution in [2.45, 2.75) is 44.6 Å². The van der Waals surface area contributed by atoms with Crippen LogP contribution in [0.1, 0.15) is 37.7 Å². The van der Waals surface area contributed by atoms with Crippen LogP contribution in [0.4, 0.5) is 0 Å². The molecule has 2 aliphatic carbocycles. The molecule has 3 N–H and O–H groups in total. The quantitative estimate of drug-likeness (QED) is 0.909. The van der Waals surface area contributed by atoms with Crippen LogP contribution in [0.2, 0.25) is 0 Å². The van der Waals surface area contributed by atoms with E-state index in [0.29, 0.717) is 12.6 Å². The minimum atomic E-state index is 0.228. The zero-order valence-electron chi connectivity index (χ0n) is 14.0. The van der Waals surface area contributed by atoms with Crippen LogP contribution in [0.3, 0.4) is 0 Å². The third-order valence-electron chi connectivity index (χ3n) is 5.91. The minimum absolute atomic E-state index is 0.228. The highest BCUT2D eigenvalue weighted by atomic mass is 16.2. The molecule has 2 aromatic rings. The van der Waals surface area contributed by atoms with Gasteiger partial charge < -0.3 is 11.1 Å². The van der Waals surface area contributed by atoms with Crippen molar-refractivity contribution < 1.29 is 4.79 Å². The van der Waals surface area contributed by atoms with Crippen LogP contribution < -0.4 is 11.1 Å². The Morgan fingerprint density at radius 3 is 2.96 bits per heavy atom. The minimum Gasteiger partial charge on any atom is -0.356 e. The molecule has 24 heavy (non-hydrogen) atoms. The Hall–Kier alpha value is -1.94. The van der Waals surface area contributed by atoms with E-state index in [9.17, 15) is 4.79 Å². The highest BCUT2D eigenvalue weighted by Crippen LogP contribution is 2.61. The van der Waals surface area contributed by atoms with Gasteiger partial charge in [-0.25, -0.2) is 0 Å². The number of fused-ring (bicyclic) bond motifs is 1. The van der Waals surface area contributed by atoms with Crippen molar-refractivity contribution in [1.82, 2.24) is 10.3 Å². The summed E-state index contributed by atoms with van der Waals surface area (Å²) in [4.78, 5) is 16.7. The first-order valence-electron chi connectivity index (χ1n) is 9.03. The molecule has 1 heterocycles. The van der Waals surface area contributed by atoms with Crippen molar-refractivity contribution in [3.8, 4) is 0 Å². The molecule has 4 heteroatoms. The summed E-state index contributed by atoms with van der Waals surface area (Å²) in [7, 11) is 0. The molecule has 1 atom stereocenters. The van der Waals surface area contributed by atoms with E-state index in [2.05, 4.69) is 28.5 Å². The summed E-state index contributed by atoms with van der Waals surface area (Å²) in [5.41, 5.74) is 8.53. The molecule has 1 amide bonds. The van der Waals surface area contributed by atoms with Gasteiger partial charge >= 0.3 is 0 Å². The predicted octanol–water partition coefficient (Wildman–Crippen LogP) is 2.80. The Morgan fingerprint density at radius 2 is 2.12 bits per heavy atom. The van der Waals surface area contributed by atoms with Crippen LogP contribution >= 0.6 is 0 Å². The monoisotopic (exact) mass is 323 g/mol. The molecule has 126 valence electrons. The first-order chi connectivity index (χ1) is 11.7. The van der Waals surface area contributed by atoms with Crippen LogP contribution in [0.5, 0.6) is 0 Å². The molecule has 1 spiro atoms. The Bertz CT molecular complexity index is 749. The fraction of sp³-hybridized carbons (Fsp3) is 0.500. The number of hydrogen-bond acceptors (Lipinski definition) is 3. The number of benzene rings is 1. The first-order valence-corrected chi connectivity index (χ1v) is 9.03. The van der Waals surface area contributed by atoms with Crippen molar-refractivity contribution in [2.24, 2.45) is 17.1 Å². The number of hydrogen-bond donors (Lipinski definition) is 2. The van der Waals surface area contributed by atoms with Crippen LogP contribution in [-0.4, -0.2) is 23.5 Å². The van der Waals surface area contributed by atoms with E-state index in [0.717, 1.165) is 49.4 Å². The summed E-state index contributed by atoms with van der Waals surface area (Å²) < 4.78 is 0. The maximum atomic E-state index is 12.4. The smallest absolute Gasteiger partial charge is 0.223 e. The van der Waals surface area contributed by atoms with Crippen molar-refractivity contribution in [3.05, 3.63) is 42.1 Å². The molecule has 2 aliphatic rings. The number of amides is 1. The largest absolute Gasteiger partial charge is 0.356 e. The summed E-state index contributed by atoms with van der Waals surface area (Å²) >= 11 is 0. The number of nitrogens with two attached hydrogens (primary N) is 1. The topological polar surface area (TPSA) is 68.0 Å². The zero-order valence-corrected chi connectivity index (χ0v) is 14.0. The van der Waals surface area contributed by atoms with Gasteiger partial charge in [-0.3, -0.25) is 9.78 Å². The van der Waals surface area contributed by atoms with Gasteiger partial charge in [0.15, 0.2) is 0 Å². The Labute approximate surface area is 142 Å². The van der Waals surface area contributed by atoms with Crippen LogP contribution in [0.25, 0.3) is 10.9 Å². The lowest BCUT2D eigenvalue weighted by molar-refractivity contribution is -0.123. The van der Waals surface area contributed by atoms with E-state index >= 15 is 0 Å². The second kappa shape index (κ2) is 6.17. The van der Waals surface area contributed by atoms with Crippen molar-refractivity contribution >= 4 is 16.8 Å². The average molecular weight is 323 g/mol. The molecule has 0 aliphatic heterocycles. The van der Waals surface area contributed by atoms with E-state index in [1.54, 1.807) is 0 Å². The van der Waals surface area contributed by atoms with E-state index < -0.39 is 0 Å². The van der Waals surface area contributed by atoms with Gasteiger partial charge in [-0.15, -0.1) is 0 Å². The van der Waals surface area contributed by atoms with Gasteiger partial charge in [0.2, 0.25) is 5.91 Å². The van der Waals surface area contributed by atoms with Gasteiger partial charge in [0.05, 0.1) is 5.52 Å². The molecular formula is C20H25N3O. The summed E-state index contributed by atoms with van der Waals surface area (Å²) in [5.74, 6) is 0.471.